The minimum absolute atomic E-state index is 0.0285. The summed E-state index contributed by atoms with van der Waals surface area (Å²) in [6.45, 7) is 13.6. The summed E-state index contributed by atoms with van der Waals surface area (Å²) in [5.74, 6) is 1.76. The van der Waals surface area contributed by atoms with Crippen LogP contribution in [0.1, 0.15) is 58.2 Å². The lowest BCUT2D eigenvalue weighted by atomic mass is 9.86. The first kappa shape index (κ1) is 40.6. The normalized spacial score (nSPS) is 12.1. The molecule has 0 saturated heterocycles. The first-order valence-electron chi connectivity index (χ1n) is 22.6. The predicted molar refractivity (Wildman–Crippen MR) is 272 cm³/mol. The molecule has 0 aliphatic heterocycles. The molecule has 3 heterocycles. The molecule has 66 heavy (non-hydrogen) atoms. The highest BCUT2D eigenvalue weighted by molar-refractivity contribution is 6.12. The zero-order valence-electron chi connectivity index (χ0n) is 38.0. The van der Waals surface area contributed by atoms with E-state index in [0.29, 0.717) is 23.0 Å². The minimum Gasteiger partial charge on any atom is -0.309 e. The molecule has 0 amide bonds. The van der Waals surface area contributed by atoms with Gasteiger partial charge in [0.1, 0.15) is 0 Å². The fourth-order valence-electron chi connectivity index (χ4n) is 9.44. The number of aromatic nitrogens is 5. The molecule has 6 heteroatoms. The molecule has 0 saturated carbocycles. The van der Waals surface area contributed by atoms with Gasteiger partial charge in [0.25, 0.3) is 0 Å². The Morgan fingerprint density at radius 2 is 0.833 bits per heavy atom. The number of nitrogens with zero attached hydrogens (tertiary/aromatic N) is 6. The van der Waals surface area contributed by atoms with Gasteiger partial charge in [-0.3, -0.25) is 0 Å². The molecule has 0 bridgehead atoms. The lowest BCUT2D eigenvalue weighted by Gasteiger charge is -2.21. The zero-order valence-corrected chi connectivity index (χ0v) is 38.0. The van der Waals surface area contributed by atoms with E-state index in [1.165, 1.54) is 27.3 Å². The second-order valence-electron chi connectivity index (χ2n) is 19.3. The van der Waals surface area contributed by atoms with Gasteiger partial charge in [-0.15, -0.1) is 0 Å². The summed E-state index contributed by atoms with van der Waals surface area (Å²) in [6.07, 6.45) is 0. The van der Waals surface area contributed by atoms with Gasteiger partial charge in [-0.25, -0.2) is 15.0 Å². The van der Waals surface area contributed by atoms with Crippen molar-refractivity contribution in [1.82, 2.24) is 24.1 Å². The molecule has 0 spiro atoms. The average Bonchev–Trinajstić information content (AvgIpc) is 3.85. The summed E-state index contributed by atoms with van der Waals surface area (Å²) in [7, 11) is 0. The first-order chi connectivity index (χ1) is 31.9. The van der Waals surface area contributed by atoms with Crippen molar-refractivity contribution >= 4 is 43.6 Å². The summed E-state index contributed by atoms with van der Waals surface area (Å²) in [4.78, 5) is 15.4. The lowest BCUT2D eigenvalue weighted by Crippen LogP contribution is -2.10. The molecule has 6 nitrogen and oxygen atoms in total. The third kappa shape index (κ3) is 6.92. The molecule has 11 rings (SSSR count). The van der Waals surface area contributed by atoms with Crippen LogP contribution < -0.4 is 0 Å². The Morgan fingerprint density at radius 1 is 0.379 bits per heavy atom. The van der Waals surface area contributed by atoms with Crippen LogP contribution in [0.4, 0.5) is 0 Å². The van der Waals surface area contributed by atoms with Crippen molar-refractivity contribution in [1.29, 1.82) is 5.26 Å². The Hall–Kier alpha value is -8.14. The third-order valence-corrected chi connectivity index (χ3v) is 12.9. The Kier molecular flexibility index (Phi) is 9.56. The van der Waals surface area contributed by atoms with Gasteiger partial charge in [0.2, 0.25) is 0 Å². The molecule has 0 unspecified atom stereocenters. The molecule has 3 aromatic heterocycles. The predicted octanol–water partition coefficient (Wildman–Crippen LogP) is 15.2. The fraction of sp³-hybridized carbons (Fsp3) is 0.133. The van der Waals surface area contributed by atoms with Crippen LogP contribution in [-0.2, 0) is 10.8 Å². The zero-order chi connectivity index (χ0) is 45.3. The highest BCUT2D eigenvalue weighted by atomic mass is 15.0. The van der Waals surface area contributed by atoms with Gasteiger partial charge in [0.05, 0.1) is 45.1 Å². The second-order valence-corrected chi connectivity index (χ2v) is 19.3. The van der Waals surface area contributed by atoms with Gasteiger partial charge in [-0.1, -0.05) is 157 Å². The molecule has 0 radical (unpaired) electrons. The van der Waals surface area contributed by atoms with Crippen LogP contribution in [-0.4, -0.2) is 24.1 Å². The van der Waals surface area contributed by atoms with Crippen molar-refractivity contribution in [3.05, 3.63) is 199 Å². The highest BCUT2D eigenvalue weighted by Gasteiger charge is 2.25. The Bertz CT molecular complexity index is 3670. The molecule has 318 valence electrons. The van der Waals surface area contributed by atoms with Crippen molar-refractivity contribution < 1.29 is 0 Å². The number of fused-ring (bicyclic) bond motifs is 6. The van der Waals surface area contributed by atoms with E-state index in [-0.39, 0.29) is 10.8 Å². The van der Waals surface area contributed by atoms with Gasteiger partial charge in [-0.05, 0) is 88.7 Å². The summed E-state index contributed by atoms with van der Waals surface area (Å²) < 4.78 is 4.74. The Labute approximate surface area is 385 Å². The molecular formula is C60H48N6. The van der Waals surface area contributed by atoms with Crippen LogP contribution >= 0.6 is 0 Å². The van der Waals surface area contributed by atoms with E-state index in [1.807, 2.05) is 72.8 Å². The van der Waals surface area contributed by atoms with Crippen LogP contribution in [0.2, 0.25) is 0 Å². The van der Waals surface area contributed by atoms with Crippen LogP contribution in [0, 0.1) is 11.3 Å². The SMILES string of the molecule is CC(C)(C)c1ccc2c(c1)c1ccccc1n2-c1ccc(-c2nc(-c3ccccc3)nc(-c3ccccc3)n2)cc1-c1ccc(C#N)cc1-n1c2ccccc2c2cc(C(C)(C)C)ccc21. The number of hydrogen-bond acceptors (Lipinski definition) is 4. The number of rotatable bonds is 6. The molecular weight excluding hydrogens is 805 g/mol. The summed E-state index contributed by atoms with van der Waals surface area (Å²) in [5, 5.41) is 15.3. The van der Waals surface area contributed by atoms with Crippen molar-refractivity contribution in [3.8, 4) is 62.7 Å². The van der Waals surface area contributed by atoms with E-state index in [1.54, 1.807) is 0 Å². The van der Waals surface area contributed by atoms with Gasteiger partial charge in [-0.2, -0.15) is 5.26 Å². The monoisotopic (exact) mass is 852 g/mol. The number of nitriles is 1. The summed E-state index contributed by atoms with van der Waals surface area (Å²) in [5.41, 5.74) is 13.9. The van der Waals surface area contributed by atoms with E-state index in [0.717, 1.165) is 66.6 Å². The van der Waals surface area contributed by atoms with Crippen LogP contribution in [0.5, 0.6) is 0 Å². The van der Waals surface area contributed by atoms with Crippen LogP contribution in [0.25, 0.3) is 100 Å². The van der Waals surface area contributed by atoms with E-state index >= 15 is 0 Å². The standard InChI is InChI=1S/C60H48N6/c1-59(2,3)42-27-31-53-48(35-42)44-21-13-15-23-50(44)65(53)52-30-26-41(58-63-56(39-17-9-7-10-18-39)62-57(64-58)40-19-11-8-12-20-40)34-47(52)46-29-25-38(37-61)33-55(46)66-51-24-16-14-22-45(51)49-36-43(60(4,5)6)28-32-54(49)66/h7-36H,1-6H3. The van der Waals surface area contributed by atoms with E-state index in [9.17, 15) is 5.26 Å². The van der Waals surface area contributed by atoms with Gasteiger partial charge < -0.3 is 9.13 Å². The number of hydrogen-bond donors (Lipinski definition) is 0. The smallest absolute Gasteiger partial charge is 0.164 e. The van der Waals surface area contributed by atoms with E-state index < -0.39 is 0 Å². The quantitative estimate of drug-likeness (QED) is 0.167. The van der Waals surface area contributed by atoms with Crippen LogP contribution in [0.3, 0.4) is 0 Å². The Balaban J connectivity index is 1.24. The maximum absolute atomic E-state index is 10.5. The largest absolute Gasteiger partial charge is 0.309 e. The maximum Gasteiger partial charge on any atom is 0.164 e. The minimum atomic E-state index is -0.0373. The van der Waals surface area contributed by atoms with Crippen molar-refractivity contribution in [2.45, 2.75) is 52.4 Å². The molecule has 11 aromatic rings. The maximum atomic E-state index is 10.5. The number of para-hydroxylation sites is 2. The Morgan fingerprint density at radius 3 is 1.33 bits per heavy atom. The lowest BCUT2D eigenvalue weighted by molar-refractivity contribution is 0.591. The van der Waals surface area contributed by atoms with E-state index in [2.05, 4.69) is 166 Å². The molecule has 0 N–H and O–H groups in total. The van der Waals surface area contributed by atoms with Crippen molar-refractivity contribution in [2.75, 3.05) is 0 Å². The molecule has 0 fully saturated rings. The average molecular weight is 853 g/mol. The third-order valence-electron chi connectivity index (χ3n) is 12.9. The van der Waals surface area contributed by atoms with Crippen molar-refractivity contribution in [3.63, 3.8) is 0 Å². The molecule has 0 aliphatic carbocycles. The summed E-state index contributed by atoms with van der Waals surface area (Å²) >= 11 is 0. The number of benzene rings is 8. The van der Waals surface area contributed by atoms with Crippen molar-refractivity contribution in [2.24, 2.45) is 0 Å². The van der Waals surface area contributed by atoms with Gasteiger partial charge >= 0.3 is 0 Å². The fourth-order valence-corrected chi connectivity index (χ4v) is 9.44. The molecule has 0 aliphatic rings. The molecule has 0 atom stereocenters. The topological polar surface area (TPSA) is 72.3 Å². The second kappa shape index (κ2) is 15.5. The highest BCUT2D eigenvalue weighted by Crippen LogP contribution is 2.44. The molecule has 8 aromatic carbocycles. The van der Waals surface area contributed by atoms with Gasteiger partial charge in [0.15, 0.2) is 17.5 Å². The summed E-state index contributed by atoms with van der Waals surface area (Å²) in [6, 6.07) is 66.4. The van der Waals surface area contributed by atoms with E-state index in [4.69, 9.17) is 15.0 Å². The van der Waals surface area contributed by atoms with Crippen LogP contribution in [0.15, 0.2) is 182 Å². The first-order valence-corrected chi connectivity index (χ1v) is 22.6. The van der Waals surface area contributed by atoms with Gasteiger partial charge in [0, 0.05) is 49.4 Å².